The van der Waals surface area contributed by atoms with Gasteiger partial charge in [0, 0.05) is 0 Å². The molecule has 0 aliphatic heterocycles. The van der Waals surface area contributed by atoms with Gasteiger partial charge in [-0.1, -0.05) is 84.9 Å². The van der Waals surface area contributed by atoms with Crippen LogP contribution in [0.4, 0.5) is 0 Å². The highest BCUT2D eigenvalue weighted by atomic mass is 16.6. The minimum Gasteiger partial charge on any atom is -0.479 e. The number of allylic oxidation sites excluding steroid dienone is 1. The molecule has 0 bridgehead atoms. The Morgan fingerprint density at radius 3 is 2.23 bits per heavy atom. The quantitative estimate of drug-likeness (QED) is 0.214. The van der Waals surface area contributed by atoms with E-state index in [0.29, 0.717) is 5.56 Å². The molecule has 0 amide bonds. The fourth-order valence-electron chi connectivity index (χ4n) is 3.90. The number of ether oxygens (including phenoxy) is 4. The van der Waals surface area contributed by atoms with Crippen LogP contribution in [-0.4, -0.2) is 54.0 Å². The molecule has 0 heterocycles. The zero-order valence-electron chi connectivity index (χ0n) is 23.1. The third-order valence-corrected chi connectivity index (χ3v) is 5.73. The van der Waals surface area contributed by atoms with E-state index in [4.69, 9.17) is 18.9 Å². The fourth-order valence-corrected chi connectivity index (χ4v) is 3.90. The number of aliphatic carboxylic acids is 1. The summed E-state index contributed by atoms with van der Waals surface area (Å²) in [5, 5.41) is 12.2. The first kappa shape index (κ1) is 30.5. The Morgan fingerprint density at radius 1 is 0.825 bits per heavy atom. The average molecular weight is 549 g/mol. The van der Waals surface area contributed by atoms with Gasteiger partial charge in [-0.05, 0) is 55.5 Å². The minimum absolute atomic E-state index is 0.0764. The molecule has 3 rings (SSSR count). The van der Waals surface area contributed by atoms with E-state index in [1.807, 2.05) is 24.3 Å². The van der Waals surface area contributed by atoms with Crippen LogP contribution in [-0.2, 0) is 46.4 Å². The van der Waals surface area contributed by atoms with Gasteiger partial charge in [-0.2, -0.15) is 0 Å². The third kappa shape index (κ3) is 10.3. The van der Waals surface area contributed by atoms with Gasteiger partial charge in [0.05, 0.1) is 6.61 Å². The molecular weight excluding hydrogens is 512 g/mol. The number of carbonyl (C=O) groups excluding carboxylic acids is 2. The molecule has 212 valence electrons. The zero-order chi connectivity index (χ0) is 29.0. The Balaban J connectivity index is 1.59. The maximum atomic E-state index is 12.9. The van der Waals surface area contributed by atoms with Gasteiger partial charge in [0.1, 0.15) is 18.8 Å². The van der Waals surface area contributed by atoms with E-state index in [-0.39, 0.29) is 13.2 Å². The van der Waals surface area contributed by atoms with Gasteiger partial charge < -0.3 is 24.1 Å². The predicted octanol–water partition coefficient (Wildman–Crippen LogP) is 5.27. The maximum absolute atomic E-state index is 12.9. The van der Waals surface area contributed by atoms with E-state index in [9.17, 15) is 19.5 Å². The summed E-state index contributed by atoms with van der Waals surface area (Å²) in [7, 11) is 0. The number of fused-ring (bicyclic) bond motifs is 1. The van der Waals surface area contributed by atoms with Crippen molar-refractivity contribution in [1.29, 1.82) is 0 Å². The lowest BCUT2D eigenvalue weighted by molar-refractivity contribution is -0.186. The molecule has 0 fully saturated rings. The summed E-state index contributed by atoms with van der Waals surface area (Å²) in [6.07, 6.45) is 1.72. The Hall–Kier alpha value is -4.01. The summed E-state index contributed by atoms with van der Waals surface area (Å²) in [4.78, 5) is 37.1. The summed E-state index contributed by atoms with van der Waals surface area (Å²) in [5.41, 5.74) is 1.12. The van der Waals surface area contributed by atoms with Crippen molar-refractivity contribution in [2.45, 2.75) is 58.0 Å². The Kier molecular flexibility index (Phi) is 11.4. The Morgan fingerprint density at radius 2 is 1.52 bits per heavy atom. The van der Waals surface area contributed by atoms with Crippen LogP contribution in [0.2, 0.25) is 0 Å². The molecular formula is C32H36O8. The smallest absolute Gasteiger partial charge is 0.339 e. The van der Waals surface area contributed by atoms with Crippen molar-refractivity contribution in [2.75, 3.05) is 13.2 Å². The molecule has 0 unspecified atom stereocenters. The van der Waals surface area contributed by atoms with E-state index in [2.05, 4.69) is 30.3 Å². The lowest BCUT2D eigenvalue weighted by Gasteiger charge is -2.24. The van der Waals surface area contributed by atoms with Crippen molar-refractivity contribution in [3.05, 3.63) is 96.1 Å². The monoisotopic (exact) mass is 548 g/mol. The van der Waals surface area contributed by atoms with Gasteiger partial charge in [0.15, 0.2) is 12.2 Å². The molecule has 2 atom stereocenters. The number of esters is 2. The highest BCUT2D eigenvalue weighted by Crippen LogP contribution is 2.17. The lowest BCUT2D eigenvalue weighted by atomic mass is 10.0. The van der Waals surface area contributed by atoms with Crippen molar-refractivity contribution in [2.24, 2.45) is 0 Å². The normalized spacial score (nSPS) is 13.2. The second-order valence-corrected chi connectivity index (χ2v) is 10.2. The van der Waals surface area contributed by atoms with Gasteiger partial charge in [-0.15, -0.1) is 0 Å². The molecule has 3 aromatic carbocycles. The highest BCUT2D eigenvalue weighted by molar-refractivity contribution is 5.85. The molecule has 0 saturated heterocycles. The predicted molar refractivity (Wildman–Crippen MR) is 151 cm³/mol. The lowest BCUT2D eigenvalue weighted by Crippen LogP contribution is -2.45. The first-order valence-corrected chi connectivity index (χ1v) is 13.1. The summed E-state index contributed by atoms with van der Waals surface area (Å²) >= 11 is 0. The summed E-state index contributed by atoms with van der Waals surface area (Å²) < 4.78 is 21.4. The van der Waals surface area contributed by atoms with Crippen LogP contribution >= 0.6 is 0 Å². The molecule has 0 saturated carbocycles. The second kappa shape index (κ2) is 15.0. The van der Waals surface area contributed by atoms with Crippen molar-refractivity contribution in [1.82, 2.24) is 0 Å². The topological polar surface area (TPSA) is 108 Å². The van der Waals surface area contributed by atoms with Crippen molar-refractivity contribution in [3.8, 4) is 0 Å². The molecule has 0 aliphatic carbocycles. The molecule has 0 aromatic heterocycles. The van der Waals surface area contributed by atoms with Crippen LogP contribution in [0.15, 0.2) is 84.9 Å². The molecule has 0 spiro atoms. The number of carbonyl (C=O) groups is 3. The minimum atomic E-state index is -1.70. The van der Waals surface area contributed by atoms with Gasteiger partial charge in [-0.3, -0.25) is 0 Å². The molecule has 8 nitrogen and oxygen atoms in total. The Bertz CT molecular complexity index is 1290. The standard InChI is InChI=1S/C32H36O8/c1-32(2,3)40-27(33)22-38-29(31(36)39-21-24-13-6-4-7-14-24)28(30(34)35)37-19-11-5-8-12-23-17-18-25-15-9-10-16-26(25)20-23/h4-7,9-11,13-18,20,28-29H,8,12,19,21-22H2,1-3H3,(H,34,35)/t28-,29-/m1/s1. The number of carboxylic acid groups (broad SMARTS) is 1. The molecule has 8 heteroatoms. The van der Waals surface area contributed by atoms with Crippen molar-refractivity contribution >= 4 is 28.7 Å². The molecule has 3 aromatic rings. The maximum Gasteiger partial charge on any atom is 0.339 e. The van der Waals surface area contributed by atoms with Gasteiger partial charge >= 0.3 is 17.9 Å². The molecule has 0 aliphatic rings. The summed E-state index contributed by atoms with van der Waals surface area (Å²) in [5.74, 6) is -3.12. The summed E-state index contributed by atoms with van der Waals surface area (Å²) in [6, 6.07) is 23.4. The highest BCUT2D eigenvalue weighted by Gasteiger charge is 2.38. The third-order valence-electron chi connectivity index (χ3n) is 5.73. The van der Waals surface area contributed by atoms with Crippen molar-refractivity contribution < 1.29 is 38.4 Å². The number of benzene rings is 3. The number of rotatable bonds is 14. The van der Waals surface area contributed by atoms with Crippen LogP contribution in [0, 0.1) is 0 Å². The molecule has 0 radical (unpaired) electrons. The van der Waals surface area contributed by atoms with E-state index in [1.165, 1.54) is 16.3 Å². The van der Waals surface area contributed by atoms with Crippen LogP contribution in [0.1, 0.15) is 38.3 Å². The van der Waals surface area contributed by atoms with Crippen LogP contribution in [0.3, 0.4) is 0 Å². The summed E-state index contributed by atoms with van der Waals surface area (Å²) in [6.45, 7) is 4.25. The number of carboxylic acids is 1. The fraction of sp³-hybridized carbons (Fsp3) is 0.344. The largest absolute Gasteiger partial charge is 0.479 e. The number of hydrogen-bond acceptors (Lipinski definition) is 7. The average Bonchev–Trinajstić information content (AvgIpc) is 2.92. The van der Waals surface area contributed by atoms with E-state index in [0.717, 1.165) is 12.8 Å². The van der Waals surface area contributed by atoms with Gasteiger partial charge in [0.2, 0.25) is 0 Å². The number of aryl methyl sites for hydroxylation is 1. The molecule has 1 N–H and O–H groups in total. The van der Waals surface area contributed by atoms with E-state index < -0.39 is 42.3 Å². The number of hydrogen-bond donors (Lipinski definition) is 1. The first-order chi connectivity index (χ1) is 19.1. The van der Waals surface area contributed by atoms with Crippen molar-refractivity contribution in [3.63, 3.8) is 0 Å². The van der Waals surface area contributed by atoms with Crippen LogP contribution in [0.5, 0.6) is 0 Å². The van der Waals surface area contributed by atoms with E-state index in [1.54, 1.807) is 51.1 Å². The Labute approximate surface area is 234 Å². The molecule has 40 heavy (non-hydrogen) atoms. The van der Waals surface area contributed by atoms with Crippen LogP contribution < -0.4 is 0 Å². The first-order valence-electron chi connectivity index (χ1n) is 13.1. The van der Waals surface area contributed by atoms with Crippen LogP contribution in [0.25, 0.3) is 10.8 Å². The van der Waals surface area contributed by atoms with Gasteiger partial charge in [0.25, 0.3) is 0 Å². The SMILES string of the molecule is CC(C)(C)OC(=O)CO[C@@H](C(=O)OCc1ccccc1)[C@@H](OCC=CCCc1ccc2ccccc2c1)C(=O)O. The van der Waals surface area contributed by atoms with E-state index >= 15 is 0 Å². The second-order valence-electron chi connectivity index (χ2n) is 10.2. The zero-order valence-corrected chi connectivity index (χ0v) is 23.1. The van der Waals surface area contributed by atoms with Gasteiger partial charge in [-0.25, -0.2) is 14.4 Å².